The summed E-state index contributed by atoms with van der Waals surface area (Å²) in [5.41, 5.74) is 0.812. The molecule has 0 radical (unpaired) electrons. The van der Waals surface area contributed by atoms with Gasteiger partial charge in [0.2, 0.25) is 0 Å². The van der Waals surface area contributed by atoms with Gasteiger partial charge in [-0.2, -0.15) is 0 Å². The van der Waals surface area contributed by atoms with Crippen molar-refractivity contribution in [2.45, 2.75) is 45.1 Å². The van der Waals surface area contributed by atoms with Crippen molar-refractivity contribution in [2.75, 3.05) is 20.2 Å². The van der Waals surface area contributed by atoms with E-state index in [1.165, 1.54) is 25.8 Å². The minimum absolute atomic E-state index is 0.167. The normalized spacial score (nSPS) is 46.9. The summed E-state index contributed by atoms with van der Waals surface area (Å²) in [7, 11) is 2.06. The zero-order chi connectivity index (χ0) is 10.2. The van der Waals surface area contributed by atoms with Crippen LogP contribution in [0, 0.1) is 11.3 Å². The number of rotatable bonds is 3. The van der Waals surface area contributed by atoms with Gasteiger partial charge in [-0.05, 0) is 57.5 Å². The zero-order valence-electron chi connectivity index (χ0n) is 9.73. The lowest BCUT2D eigenvalue weighted by Gasteiger charge is -2.39. The highest BCUT2D eigenvalue weighted by molar-refractivity contribution is 5.07. The summed E-state index contributed by atoms with van der Waals surface area (Å²) < 4.78 is 5.90. The van der Waals surface area contributed by atoms with Crippen LogP contribution >= 0.6 is 0 Å². The summed E-state index contributed by atoms with van der Waals surface area (Å²) in [4.78, 5) is 0. The smallest absolute Gasteiger partial charge is 0.0657 e. The molecule has 82 valence electrons. The van der Waals surface area contributed by atoms with Crippen LogP contribution in [0.2, 0.25) is 0 Å². The molecule has 2 heteroatoms. The predicted octanol–water partition coefficient (Wildman–Crippen LogP) is 2.19. The molecule has 3 unspecified atom stereocenters. The van der Waals surface area contributed by atoms with Crippen molar-refractivity contribution >= 4 is 0 Å². The van der Waals surface area contributed by atoms with Gasteiger partial charge >= 0.3 is 0 Å². The van der Waals surface area contributed by atoms with E-state index in [-0.39, 0.29) is 5.60 Å². The third-order valence-electron chi connectivity index (χ3n) is 4.33. The molecule has 2 nitrogen and oxygen atoms in total. The lowest BCUT2D eigenvalue weighted by Crippen LogP contribution is -2.38. The average molecular weight is 197 g/mol. The molecule has 0 aromatic rings. The van der Waals surface area contributed by atoms with E-state index in [9.17, 15) is 0 Å². The first-order chi connectivity index (χ1) is 6.64. The van der Waals surface area contributed by atoms with Crippen LogP contribution in [0.4, 0.5) is 0 Å². The van der Waals surface area contributed by atoms with Crippen LogP contribution in [0.25, 0.3) is 0 Å². The van der Waals surface area contributed by atoms with Gasteiger partial charge < -0.3 is 10.1 Å². The SMILES string of the molecule is CCC1(C)CC2(CCO1)CC2CNC. The molecule has 0 aromatic carbocycles. The Hall–Kier alpha value is -0.0800. The Balaban J connectivity index is 1.96. The molecular weight excluding hydrogens is 174 g/mol. The molecule has 1 aliphatic heterocycles. The Bertz CT molecular complexity index is 218. The minimum atomic E-state index is 0.167. The van der Waals surface area contributed by atoms with Gasteiger partial charge in [-0.1, -0.05) is 6.92 Å². The van der Waals surface area contributed by atoms with Crippen LogP contribution in [-0.2, 0) is 4.74 Å². The van der Waals surface area contributed by atoms with Gasteiger partial charge in [-0.15, -0.1) is 0 Å². The van der Waals surface area contributed by atoms with Crippen LogP contribution in [0.3, 0.4) is 0 Å². The fourth-order valence-electron chi connectivity index (χ4n) is 3.10. The Morgan fingerprint density at radius 3 is 2.93 bits per heavy atom. The van der Waals surface area contributed by atoms with E-state index >= 15 is 0 Å². The highest BCUT2D eigenvalue weighted by atomic mass is 16.5. The highest BCUT2D eigenvalue weighted by Crippen LogP contribution is 2.62. The van der Waals surface area contributed by atoms with Crippen LogP contribution in [0.5, 0.6) is 0 Å². The molecule has 1 saturated carbocycles. The summed E-state index contributed by atoms with van der Waals surface area (Å²) in [6.45, 7) is 6.70. The van der Waals surface area contributed by atoms with Crippen molar-refractivity contribution < 1.29 is 4.74 Å². The topological polar surface area (TPSA) is 21.3 Å². The summed E-state index contributed by atoms with van der Waals surface area (Å²) in [6, 6.07) is 0. The van der Waals surface area contributed by atoms with Crippen molar-refractivity contribution in [2.24, 2.45) is 11.3 Å². The van der Waals surface area contributed by atoms with E-state index in [0.29, 0.717) is 5.41 Å². The second-order valence-electron chi connectivity index (χ2n) is 5.40. The quantitative estimate of drug-likeness (QED) is 0.749. The maximum Gasteiger partial charge on any atom is 0.0657 e. The molecule has 0 aromatic heterocycles. The van der Waals surface area contributed by atoms with Crippen LogP contribution < -0.4 is 5.32 Å². The summed E-state index contributed by atoms with van der Waals surface area (Å²) >= 11 is 0. The van der Waals surface area contributed by atoms with Crippen molar-refractivity contribution in [3.05, 3.63) is 0 Å². The Labute approximate surface area is 87.4 Å². The molecule has 1 spiro atoms. The third-order valence-corrected chi connectivity index (χ3v) is 4.33. The van der Waals surface area contributed by atoms with Crippen molar-refractivity contribution in [1.29, 1.82) is 0 Å². The van der Waals surface area contributed by atoms with Gasteiger partial charge in [0.05, 0.1) is 5.60 Å². The zero-order valence-corrected chi connectivity index (χ0v) is 9.73. The Morgan fingerprint density at radius 1 is 1.50 bits per heavy atom. The maximum absolute atomic E-state index is 5.90. The van der Waals surface area contributed by atoms with Gasteiger partial charge in [-0.25, -0.2) is 0 Å². The van der Waals surface area contributed by atoms with E-state index < -0.39 is 0 Å². The molecule has 3 atom stereocenters. The largest absolute Gasteiger partial charge is 0.375 e. The van der Waals surface area contributed by atoms with Gasteiger partial charge in [0, 0.05) is 6.61 Å². The summed E-state index contributed by atoms with van der Waals surface area (Å²) in [5.74, 6) is 0.919. The molecule has 2 fully saturated rings. The first-order valence-corrected chi connectivity index (χ1v) is 5.93. The van der Waals surface area contributed by atoms with Gasteiger partial charge in [0.1, 0.15) is 0 Å². The predicted molar refractivity (Wildman–Crippen MR) is 58.3 cm³/mol. The van der Waals surface area contributed by atoms with Gasteiger partial charge in [0.15, 0.2) is 0 Å². The lowest BCUT2D eigenvalue weighted by molar-refractivity contribution is -0.0962. The van der Waals surface area contributed by atoms with E-state index in [2.05, 4.69) is 26.2 Å². The molecule has 1 heterocycles. The summed E-state index contributed by atoms with van der Waals surface area (Å²) in [5, 5.41) is 3.31. The molecule has 0 amide bonds. The standard InChI is InChI=1S/C12H23NO/c1-4-11(2)9-12(5-6-14-11)7-10(12)8-13-3/h10,13H,4-9H2,1-3H3. The molecule has 14 heavy (non-hydrogen) atoms. The Kier molecular flexibility index (Phi) is 2.61. The first kappa shape index (κ1) is 10.4. The summed E-state index contributed by atoms with van der Waals surface area (Å²) in [6.07, 6.45) is 5.14. The second-order valence-corrected chi connectivity index (χ2v) is 5.40. The fourth-order valence-corrected chi connectivity index (χ4v) is 3.10. The first-order valence-electron chi connectivity index (χ1n) is 5.93. The molecule has 2 rings (SSSR count). The minimum Gasteiger partial charge on any atom is -0.375 e. The van der Waals surface area contributed by atoms with Gasteiger partial charge in [0.25, 0.3) is 0 Å². The fraction of sp³-hybridized carbons (Fsp3) is 1.00. The average Bonchev–Trinajstić information content (AvgIpc) is 2.79. The maximum atomic E-state index is 5.90. The number of nitrogens with one attached hydrogen (secondary N) is 1. The number of ether oxygens (including phenoxy) is 1. The van der Waals surface area contributed by atoms with E-state index in [0.717, 1.165) is 18.9 Å². The third kappa shape index (κ3) is 1.70. The molecule has 1 N–H and O–H groups in total. The van der Waals surface area contributed by atoms with Crippen LogP contribution in [-0.4, -0.2) is 25.8 Å². The lowest BCUT2D eigenvalue weighted by atomic mass is 9.81. The van der Waals surface area contributed by atoms with E-state index in [1.807, 2.05) is 0 Å². The van der Waals surface area contributed by atoms with Gasteiger partial charge in [-0.3, -0.25) is 0 Å². The van der Waals surface area contributed by atoms with E-state index in [1.54, 1.807) is 0 Å². The van der Waals surface area contributed by atoms with Crippen molar-refractivity contribution in [3.8, 4) is 0 Å². The van der Waals surface area contributed by atoms with E-state index in [4.69, 9.17) is 4.74 Å². The molecule has 0 bridgehead atoms. The molecule has 2 aliphatic rings. The molecule has 1 aliphatic carbocycles. The highest BCUT2D eigenvalue weighted by Gasteiger charge is 2.57. The number of hydrogen-bond donors (Lipinski definition) is 1. The monoisotopic (exact) mass is 197 g/mol. The van der Waals surface area contributed by atoms with Crippen LogP contribution in [0.15, 0.2) is 0 Å². The second kappa shape index (κ2) is 3.49. The van der Waals surface area contributed by atoms with Crippen molar-refractivity contribution in [1.82, 2.24) is 5.32 Å². The number of hydrogen-bond acceptors (Lipinski definition) is 2. The molecule has 1 saturated heterocycles. The Morgan fingerprint density at radius 2 is 2.29 bits per heavy atom. The van der Waals surface area contributed by atoms with Crippen molar-refractivity contribution in [3.63, 3.8) is 0 Å². The van der Waals surface area contributed by atoms with Crippen LogP contribution in [0.1, 0.15) is 39.5 Å². The molecular formula is C12H23NO.